The fraction of sp³-hybridized carbons (Fsp3) is 0.333. The van der Waals surface area contributed by atoms with Crippen LogP contribution < -0.4 is 14.8 Å². The van der Waals surface area contributed by atoms with Crippen LogP contribution in [-0.4, -0.2) is 30.1 Å². The first-order chi connectivity index (χ1) is 10.2. The first-order valence-electron chi connectivity index (χ1n) is 6.79. The van der Waals surface area contributed by atoms with Crippen LogP contribution in [-0.2, 0) is 11.2 Å². The van der Waals surface area contributed by atoms with E-state index in [0.717, 1.165) is 17.1 Å². The Morgan fingerprint density at radius 1 is 1.43 bits per heavy atom. The highest BCUT2D eigenvalue weighted by atomic mass is 32.1. The third kappa shape index (κ3) is 3.33. The van der Waals surface area contributed by atoms with Crippen LogP contribution in [0.5, 0.6) is 11.5 Å². The maximum absolute atomic E-state index is 12.1. The quantitative estimate of drug-likeness (QED) is 0.938. The molecule has 0 bridgehead atoms. The van der Waals surface area contributed by atoms with E-state index in [9.17, 15) is 4.79 Å². The zero-order chi connectivity index (χ0) is 14.7. The summed E-state index contributed by atoms with van der Waals surface area (Å²) in [5, 5.41) is 5.91. The van der Waals surface area contributed by atoms with Gasteiger partial charge < -0.3 is 14.8 Å². The number of fused-ring (bicyclic) bond motifs is 1. The highest BCUT2D eigenvalue weighted by molar-refractivity contribution is 7.09. The second-order valence-electron chi connectivity index (χ2n) is 4.76. The minimum absolute atomic E-state index is 0.156. The SMILES string of the molecule is Cc1nc(CCNC(=O)C2COc3ccccc3O2)cs1. The molecule has 1 amide bonds. The van der Waals surface area contributed by atoms with Crippen LogP contribution in [0, 0.1) is 6.92 Å². The smallest absolute Gasteiger partial charge is 0.264 e. The van der Waals surface area contributed by atoms with Gasteiger partial charge in [-0.15, -0.1) is 11.3 Å². The van der Waals surface area contributed by atoms with Gasteiger partial charge in [-0.2, -0.15) is 0 Å². The lowest BCUT2D eigenvalue weighted by Crippen LogP contribution is -2.44. The Kier molecular flexibility index (Phi) is 4.06. The lowest BCUT2D eigenvalue weighted by Gasteiger charge is -2.25. The summed E-state index contributed by atoms with van der Waals surface area (Å²) in [5.41, 5.74) is 1.00. The summed E-state index contributed by atoms with van der Waals surface area (Å²) < 4.78 is 11.2. The highest BCUT2D eigenvalue weighted by Gasteiger charge is 2.26. The molecule has 1 aromatic heterocycles. The van der Waals surface area contributed by atoms with Crippen molar-refractivity contribution >= 4 is 17.2 Å². The van der Waals surface area contributed by atoms with Crippen molar-refractivity contribution in [2.75, 3.05) is 13.2 Å². The molecule has 0 radical (unpaired) electrons. The molecule has 1 aromatic carbocycles. The van der Waals surface area contributed by atoms with Gasteiger partial charge in [-0.3, -0.25) is 4.79 Å². The van der Waals surface area contributed by atoms with Crippen LogP contribution in [0.1, 0.15) is 10.7 Å². The Balaban J connectivity index is 1.50. The summed E-state index contributed by atoms with van der Waals surface area (Å²) in [4.78, 5) is 16.4. The number of para-hydroxylation sites is 2. The molecular weight excluding hydrogens is 288 g/mol. The molecule has 0 aliphatic carbocycles. The van der Waals surface area contributed by atoms with Gasteiger partial charge in [-0.05, 0) is 19.1 Å². The molecule has 6 heteroatoms. The summed E-state index contributed by atoms with van der Waals surface area (Å²) >= 11 is 1.62. The third-order valence-electron chi connectivity index (χ3n) is 3.15. The largest absolute Gasteiger partial charge is 0.485 e. The Labute approximate surface area is 126 Å². The number of benzene rings is 1. The first-order valence-corrected chi connectivity index (χ1v) is 7.67. The van der Waals surface area contributed by atoms with Crippen LogP contribution in [0.2, 0.25) is 0 Å². The second kappa shape index (κ2) is 6.13. The predicted molar refractivity (Wildman–Crippen MR) is 79.9 cm³/mol. The molecule has 0 fully saturated rings. The summed E-state index contributed by atoms with van der Waals surface area (Å²) in [6.07, 6.45) is 0.123. The summed E-state index contributed by atoms with van der Waals surface area (Å²) in [5.74, 6) is 1.13. The van der Waals surface area contributed by atoms with Crippen molar-refractivity contribution in [2.45, 2.75) is 19.4 Å². The lowest BCUT2D eigenvalue weighted by atomic mass is 10.2. The predicted octanol–water partition coefficient (Wildman–Crippen LogP) is 1.95. The topological polar surface area (TPSA) is 60.5 Å². The number of nitrogens with zero attached hydrogens (tertiary/aromatic N) is 1. The number of nitrogens with one attached hydrogen (secondary N) is 1. The van der Waals surface area contributed by atoms with E-state index in [0.29, 0.717) is 18.0 Å². The Hall–Kier alpha value is -2.08. The van der Waals surface area contributed by atoms with E-state index >= 15 is 0 Å². The second-order valence-corrected chi connectivity index (χ2v) is 5.83. The Bertz CT molecular complexity index is 641. The molecule has 21 heavy (non-hydrogen) atoms. The van der Waals surface area contributed by atoms with E-state index in [1.807, 2.05) is 30.5 Å². The van der Waals surface area contributed by atoms with Gasteiger partial charge in [0.05, 0.1) is 10.7 Å². The molecule has 0 saturated heterocycles. The standard InChI is InChI=1S/C15H16N2O3S/c1-10-17-11(9-21-10)6-7-16-15(18)14-8-19-12-4-2-3-5-13(12)20-14/h2-5,9,14H,6-8H2,1H3,(H,16,18). The van der Waals surface area contributed by atoms with Gasteiger partial charge in [0, 0.05) is 18.3 Å². The number of aromatic nitrogens is 1. The van der Waals surface area contributed by atoms with E-state index in [1.54, 1.807) is 17.4 Å². The van der Waals surface area contributed by atoms with Gasteiger partial charge in [-0.25, -0.2) is 4.98 Å². The Morgan fingerprint density at radius 3 is 3.00 bits per heavy atom. The van der Waals surface area contributed by atoms with Gasteiger partial charge in [0.2, 0.25) is 6.10 Å². The average Bonchev–Trinajstić information content (AvgIpc) is 2.92. The van der Waals surface area contributed by atoms with Crippen molar-refractivity contribution in [3.8, 4) is 11.5 Å². The van der Waals surface area contributed by atoms with Crippen molar-refractivity contribution in [1.82, 2.24) is 10.3 Å². The van der Waals surface area contributed by atoms with E-state index in [4.69, 9.17) is 9.47 Å². The lowest BCUT2D eigenvalue weighted by molar-refractivity contribution is -0.130. The number of carbonyl (C=O) groups excluding carboxylic acids is 1. The molecule has 1 unspecified atom stereocenters. The minimum Gasteiger partial charge on any atom is -0.485 e. The fourth-order valence-corrected chi connectivity index (χ4v) is 2.75. The van der Waals surface area contributed by atoms with Crippen LogP contribution in [0.15, 0.2) is 29.6 Å². The molecule has 2 aromatic rings. The normalized spacial score (nSPS) is 16.5. The van der Waals surface area contributed by atoms with Crippen molar-refractivity contribution in [2.24, 2.45) is 0 Å². The van der Waals surface area contributed by atoms with E-state index in [-0.39, 0.29) is 12.5 Å². The fourth-order valence-electron chi connectivity index (χ4n) is 2.10. The van der Waals surface area contributed by atoms with E-state index < -0.39 is 6.10 Å². The number of aryl methyl sites for hydroxylation is 1. The summed E-state index contributed by atoms with van der Waals surface area (Å²) in [7, 11) is 0. The number of hydrogen-bond donors (Lipinski definition) is 1. The third-order valence-corrected chi connectivity index (χ3v) is 3.97. The number of carbonyl (C=O) groups is 1. The summed E-state index contributed by atoms with van der Waals surface area (Å²) in [6, 6.07) is 7.35. The summed E-state index contributed by atoms with van der Waals surface area (Å²) in [6.45, 7) is 2.75. The van der Waals surface area contributed by atoms with Crippen molar-refractivity contribution in [3.63, 3.8) is 0 Å². The average molecular weight is 304 g/mol. The van der Waals surface area contributed by atoms with Crippen LogP contribution in [0.25, 0.3) is 0 Å². The molecule has 1 aliphatic rings. The molecule has 0 saturated carbocycles. The number of hydrogen-bond acceptors (Lipinski definition) is 5. The maximum atomic E-state index is 12.1. The molecule has 1 N–H and O–H groups in total. The van der Waals surface area contributed by atoms with Crippen LogP contribution in [0.3, 0.4) is 0 Å². The van der Waals surface area contributed by atoms with Gasteiger partial charge in [-0.1, -0.05) is 12.1 Å². The number of rotatable bonds is 4. The molecular formula is C15H16N2O3S. The highest BCUT2D eigenvalue weighted by Crippen LogP contribution is 2.30. The Morgan fingerprint density at radius 2 is 2.24 bits per heavy atom. The van der Waals surface area contributed by atoms with Crippen LogP contribution >= 0.6 is 11.3 Å². The molecule has 2 heterocycles. The van der Waals surface area contributed by atoms with Gasteiger partial charge >= 0.3 is 0 Å². The molecule has 0 spiro atoms. The van der Waals surface area contributed by atoms with E-state index in [2.05, 4.69) is 10.3 Å². The number of thiazole rings is 1. The molecule has 1 atom stereocenters. The van der Waals surface area contributed by atoms with Crippen LogP contribution in [0.4, 0.5) is 0 Å². The first kappa shape index (κ1) is 13.9. The minimum atomic E-state index is -0.600. The monoisotopic (exact) mass is 304 g/mol. The van der Waals surface area contributed by atoms with Gasteiger partial charge in [0.15, 0.2) is 11.5 Å². The molecule has 5 nitrogen and oxygen atoms in total. The zero-order valence-electron chi connectivity index (χ0n) is 11.7. The van der Waals surface area contributed by atoms with E-state index in [1.165, 1.54) is 0 Å². The van der Waals surface area contributed by atoms with Crippen molar-refractivity contribution in [3.05, 3.63) is 40.3 Å². The maximum Gasteiger partial charge on any atom is 0.264 e. The number of amides is 1. The molecule has 1 aliphatic heterocycles. The molecule has 110 valence electrons. The van der Waals surface area contributed by atoms with Crippen molar-refractivity contribution in [1.29, 1.82) is 0 Å². The zero-order valence-corrected chi connectivity index (χ0v) is 12.5. The van der Waals surface area contributed by atoms with Gasteiger partial charge in [0.1, 0.15) is 6.61 Å². The van der Waals surface area contributed by atoms with Crippen molar-refractivity contribution < 1.29 is 14.3 Å². The molecule has 3 rings (SSSR count). The number of ether oxygens (including phenoxy) is 2. The van der Waals surface area contributed by atoms with Gasteiger partial charge in [0.25, 0.3) is 5.91 Å².